The number of halogens is 1. The van der Waals surface area contributed by atoms with Crippen LogP contribution < -0.4 is 0 Å². The van der Waals surface area contributed by atoms with Gasteiger partial charge in [0.2, 0.25) is 0 Å². The van der Waals surface area contributed by atoms with Crippen LogP contribution in [-0.2, 0) is 0 Å². The molecule has 1 heterocycles. The Labute approximate surface area is 148 Å². The van der Waals surface area contributed by atoms with E-state index in [-0.39, 0.29) is 24.3 Å². The number of nitro benzene ring substituents is 1. The molecule has 0 saturated heterocycles. The minimum Gasteiger partial charge on any atom is -0.388 e. The van der Waals surface area contributed by atoms with Gasteiger partial charge in [-0.25, -0.2) is 0 Å². The maximum atomic E-state index is 12.3. The molecule has 1 atom stereocenters. The number of nitro groups is 1. The molecule has 0 saturated carbocycles. The van der Waals surface area contributed by atoms with Crippen LogP contribution in [-0.4, -0.2) is 20.8 Å². The predicted molar refractivity (Wildman–Crippen MR) is 94.9 cm³/mol. The van der Waals surface area contributed by atoms with Crippen molar-refractivity contribution in [3.05, 3.63) is 74.9 Å². The van der Waals surface area contributed by atoms with E-state index in [1.54, 1.807) is 24.3 Å². The van der Waals surface area contributed by atoms with Crippen LogP contribution in [0.15, 0.2) is 48.5 Å². The van der Waals surface area contributed by atoms with Gasteiger partial charge >= 0.3 is 0 Å². The van der Waals surface area contributed by atoms with Crippen molar-refractivity contribution in [3.8, 4) is 0 Å². The Hall–Kier alpha value is -2.70. The number of fused-ring (bicyclic) bond motifs is 1. The molecule has 128 valence electrons. The van der Waals surface area contributed by atoms with Gasteiger partial charge in [0.1, 0.15) is 0 Å². The highest BCUT2D eigenvalue weighted by Gasteiger charge is 2.15. The first kappa shape index (κ1) is 17.1. The number of aromatic amines is 1. The normalized spacial score (nSPS) is 12.2. The number of hydrogen-bond acceptors (Lipinski definition) is 4. The Bertz CT molecular complexity index is 934. The molecule has 0 spiro atoms. The highest BCUT2D eigenvalue weighted by atomic mass is 35.5. The molecule has 0 amide bonds. The lowest BCUT2D eigenvalue weighted by molar-refractivity contribution is -0.384. The maximum absolute atomic E-state index is 12.3. The number of nitrogens with zero attached hydrogens (tertiary/aromatic N) is 1. The number of ketones is 1. The third-order valence-corrected chi connectivity index (χ3v) is 4.25. The Morgan fingerprint density at radius 1 is 1.20 bits per heavy atom. The molecule has 0 aliphatic heterocycles. The van der Waals surface area contributed by atoms with Crippen LogP contribution in [0.3, 0.4) is 0 Å². The summed E-state index contributed by atoms with van der Waals surface area (Å²) in [4.78, 5) is 25.5. The zero-order valence-corrected chi connectivity index (χ0v) is 13.9. The zero-order valence-electron chi connectivity index (χ0n) is 13.1. The Morgan fingerprint density at radius 3 is 2.60 bits per heavy atom. The minimum absolute atomic E-state index is 0.0382. The van der Waals surface area contributed by atoms with E-state index < -0.39 is 11.0 Å². The van der Waals surface area contributed by atoms with Crippen LogP contribution in [0.2, 0.25) is 5.02 Å². The van der Waals surface area contributed by atoms with Crippen LogP contribution in [0, 0.1) is 10.1 Å². The van der Waals surface area contributed by atoms with Gasteiger partial charge in [0, 0.05) is 34.5 Å². The van der Waals surface area contributed by atoms with E-state index in [0.29, 0.717) is 16.3 Å². The molecule has 0 aliphatic rings. The molecule has 0 bridgehead atoms. The number of aliphatic hydroxyl groups excluding tert-OH is 1. The SMILES string of the molecule is O=C(CCC(O)c1ccc([N+](=O)[O-])cc1)c1cc2cc(Cl)ccc2[nH]1. The van der Waals surface area contributed by atoms with Crippen molar-refractivity contribution in [2.24, 2.45) is 0 Å². The fraction of sp³-hybridized carbons (Fsp3) is 0.167. The average Bonchev–Trinajstić information content (AvgIpc) is 3.02. The number of benzene rings is 2. The standard InChI is InChI=1S/C18H15ClN2O4/c19-13-3-6-15-12(9-13)10-16(20-15)18(23)8-7-17(22)11-1-4-14(5-2-11)21(24)25/h1-6,9-10,17,20,22H,7-8H2. The Kier molecular flexibility index (Phi) is 4.83. The first-order valence-corrected chi connectivity index (χ1v) is 8.06. The molecule has 25 heavy (non-hydrogen) atoms. The number of aromatic nitrogens is 1. The summed E-state index contributed by atoms with van der Waals surface area (Å²) >= 11 is 5.93. The number of Topliss-reactive ketones (excluding diaryl/α,β-unsaturated/α-hetero) is 1. The molecule has 2 N–H and O–H groups in total. The lowest BCUT2D eigenvalue weighted by atomic mass is 10.0. The van der Waals surface area contributed by atoms with Gasteiger partial charge in [-0.15, -0.1) is 0 Å². The van der Waals surface area contributed by atoms with Crippen molar-refractivity contribution in [2.45, 2.75) is 18.9 Å². The molecular weight excluding hydrogens is 344 g/mol. The molecule has 0 aliphatic carbocycles. The van der Waals surface area contributed by atoms with Crippen molar-refractivity contribution in [3.63, 3.8) is 0 Å². The fourth-order valence-corrected chi connectivity index (χ4v) is 2.82. The van der Waals surface area contributed by atoms with E-state index in [0.717, 1.165) is 10.9 Å². The number of carbonyl (C=O) groups excluding carboxylic acids is 1. The van der Waals surface area contributed by atoms with Crippen LogP contribution in [0.25, 0.3) is 10.9 Å². The second-order valence-electron chi connectivity index (χ2n) is 5.74. The van der Waals surface area contributed by atoms with E-state index in [4.69, 9.17) is 11.6 Å². The summed E-state index contributed by atoms with van der Waals surface area (Å²) in [5, 5.41) is 22.3. The van der Waals surface area contributed by atoms with E-state index in [1.807, 2.05) is 0 Å². The van der Waals surface area contributed by atoms with Crippen molar-refractivity contribution in [1.82, 2.24) is 4.98 Å². The van der Waals surface area contributed by atoms with E-state index in [1.165, 1.54) is 24.3 Å². The smallest absolute Gasteiger partial charge is 0.269 e. The van der Waals surface area contributed by atoms with Crippen LogP contribution in [0.5, 0.6) is 0 Å². The maximum Gasteiger partial charge on any atom is 0.269 e. The summed E-state index contributed by atoms with van der Waals surface area (Å²) in [7, 11) is 0. The summed E-state index contributed by atoms with van der Waals surface area (Å²) in [6.07, 6.45) is -0.477. The highest BCUT2D eigenvalue weighted by molar-refractivity contribution is 6.31. The summed E-state index contributed by atoms with van der Waals surface area (Å²) in [6, 6.07) is 12.7. The van der Waals surface area contributed by atoms with Gasteiger partial charge in [-0.3, -0.25) is 14.9 Å². The van der Waals surface area contributed by atoms with Gasteiger partial charge in [-0.1, -0.05) is 11.6 Å². The molecule has 3 aromatic rings. The molecule has 1 unspecified atom stereocenters. The summed E-state index contributed by atoms with van der Waals surface area (Å²) < 4.78 is 0. The number of rotatable bonds is 6. The second-order valence-corrected chi connectivity index (χ2v) is 6.18. The first-order chi connectivity index (χ1) is 11.9. The quantitative estimate of drug-likeness (QED) is 0.387. The molecular formula is C18H15ClN2O4. The number of non-ortho nitro benzene ring substituents is 1. The molecule has 0 radical (unpaired) electrons. The molecule has 7 heteroatoms. The fourth-order valence-electron chi connectivity index (χ4n) is 2.64. The molecule has 6 nitrogen and oxygen atoms in total. The van der Waals surface area contributed by atoms with Gasteiger partial charge < -0.3 is 10.1 Å². The summed E-state index contributed by atoms with van der Waals surface area (Å²) in [6.45, 7) is 0. The van der Waals surface area contributed by atoms with E-state index >= 15 is 0 Å². The van der Waals surface area contributed by atoms with Gasteiger partial charge in [-0.2, -0.15) is 0 Å². The summed E-state index contributed by atoms with van der Waals surface area (Å²) in [5.41, 5.74) is 1.79. The van der Waals surface area contributed by atoms with Crippen molar-refractivity contribution >= 4 is 34.0 Å². The third-order valence-electron chi connectivity index (χ3n) is 4.02. The van der Waals surface area contributed by atoms with Crippen LogP contribution in [0.1, 0.15) is 35.0 Å². The van der Waals surface area contributed by atoms with Crippen LogP contribution >= 0.6 is 11.6 Å². The van der Waals surface area contributed by atoms with Gasteiger partial charge in [0.25, 0.3) is 5.69 Å². The lowest BCUT2D eigenvalue weighted by Crippen LogP contribution is -2.04. The lowest BCUT2D eigenvalue weighted by Gasteiger charge is -2.09. The predicted octanol–water partition coefficient (Wildman–Crippen LogP) is 4.43. The average molecular weight is 359 g/mol. The van der Waals surface area contributed by atoms with Gasteiger partial charge in [0.05, 0.1) is 16.7 Å². The first-order valence-electron chi connectivity index (χ1n) is 7.68. The van der Waals surface area contributed by atoms with Crippen molar-refractivity contribution in [2.75, 3.05) is 0 Å². The zero-order chi connectivity index (χ0) is 18.0. The largest absolute Gasteiger partial charge is 0.388 e. The number of carbonyl (C=O) groups is 1. The number of aliphatic hydroxyl groups is 1. The number of hydrogen-bond donors (Lipinski definition) is 2. The van der Waals surface area contributed by atoms with Crippen molar-refractivity contribution in [1.29, 1.82) is 0 Å². The number of H-pyrrole nitrogens is 1. The van der Waals surface area contributed by atoms with Gasteiger partial charge in [0.15, 0.2) is 5.78 Å². The van der Waals surface area contributed by atoms with Crippen molar-refractivity contribution < 1.29 is 14.8 Å². The Balaban J connectivity index is 1.65. The molecule has 3 rings (SSSR count). The van der Waals surface area contributed by atoms with E-state index in [2.05, 4.69) is 4.98 Å². The number of nitrogens with one attached hydrogen (secondary N) is 1. The minimum atomic E-state index is -0.858. The monoisotopic (exact) mass is 358 g/mol. The van der Waals surface area contributed by atoms with E-state index in [9.17, 15) is 20.0 Å². The summed E-state index contributed by atoms with van der Waals surface area (Å²) in [5.74, 6) is -0.117. The third kappa shape index (κ3) is 3.87. The topological polar surface area (TPSA) is 96.2 Å². The molecule has 1 aromatic heterocycles. The van der Waals surface area contributed by atoms with Crippen LogP contribution in [0.4, 0.5) is 5.69 Å². The Morgan fingerprint density at radius 2 is 1.92 bits per heavy atom. The molecule has 2 aromatic carbocycles. The second kappa shape index (κ2) is 7.04. The van der Waals surface area contributed by atoms with Gasteiger partial charge in [-0.05, 0) is 48.4 Å². The molecule has 0 fully saturated rings. The highest BCUT2D eigenvalue weighted by Crippen LogP contribution is 2.24.